The van der Waals surface area contributed by atoms with Gasteiger partial charge >= 0.3 is 0 Å². The van der Waals surface area contributed by atoms with Gasteiger partial charge < -0.3 is 34.7 Å². The normalized spacial score (nSPS) is 15.0. The predicted molar refractivity (Wildman–Crippen MR) is 193 cm³/mol. The second-order valence-corrected chi connectivity index (χ2v) is 13.0. The van der Waals surface area contributed by atoms with E-state index in [0.29, 0.717) is 53.3 Å². The molecule has 1 aliphatic carbocycles. The fourth-order valence-corrected chi connectivity index (χ4v) is 6.73. The number of rotatable bonds is 11. The lowest BCUT2D eigenvalue weighted by atomic mass is 9.95. The molecule has 3 aromatic carbocycles. The molecule has 11 heteroatoms. The quantitative estimate of drug-likeness (QED) is 0.169. The van der Waals surface area contributed by atoms with Crippen LogP contribution in [0.4, 0.5) is 11.4 Å². The molecule has 2 amide bonds. The third-order valence-corrected chi connectivity index (χ3v) is 9.42. The zero-order valence-electron chi connectivity index (χ0n) is 29.8. The van der Waals surface area contributed by atoms with Crippen LogP contribution in [0.25, 0.3) is 22.2 Å². The molecule has 3 unspecified atom stereocenters. The van der Waals surface area contributed by atoms with E-state index in [1.165, 1.54) is 6.92 Å². The second kappa shape index (κ2) is 14.6. The molecular weight excluding hydrogens is 622 g/mol. The largest absolute Gasteiger partial charge is 0.493 e. The molecule has 5 rings (SSSR count). The zero-order chi connectivity index (χ0) is 35.6. The van der Waals surface area contributed by atoms with Gasteiger partial charge in [0.15, 0.2) is 11.5 Å². The lowest BCUT2D eigenvalue weighted by molar-refractivity contribution is -0.120. The van der Waals surface area contributed by atoms with E-state index in [0.717, 1.165) is 28.0 Å². The zero-order valence-corrected chi connectivity index (χ0v) is 29.8. The standard InChI is InChI=1S/C38H47N5O6/c1-10-21(4)34(38(46)40-24-12-16-30-29(18-24)42-37(20(2)3)43(30)6)41-28-15-13-25-26(19-31(28)45)27(39-22(5)44)14-11-23-17-32(47-7)35(48-8)36(49-9)33(23)25/h12-13,15-21,27,34H,10-11,14H2,1-9H3,(H,39,44)(H,40,46)(H,41,45). The van der Waals surface area contributed by atoms with Gasteiger partial charge in [0.05, 0.1) is 44.1 Å². The van der Waals surface area contributed by atoms with Crippen LogP contribution in [0.15, 0.2) is 47.3 Å². The number of carbonyl (C=O) groups is 2. The Morgan fingerprint density at radius 1 is 1.00 bits per heavy atom. The van der Waals surface area contributed by atoms with Crippen molar-refractivity contribution >= 4 is 34.2 Å². The lowest BCUT2D eigenvalue weighted by Crippen LogP contribution is -2.40. The van der Waals surface area contributed by atoms with Crippen LogP contribution in [-0.4, -0.2) is 48.7 Å². The topological polar surface area (TPSA) is 133 Å². The van der Waals surface area contributed by atoms with Crippen LogP contribution < -0.4 is 35.6 Å². The summed E-state index contributed by atoms with van der Waals surface area (Å²) in [7, 11) is 6.67. The average Bonchev–Trinajstić information content (AvgIpc) is 3.23. The number of carbonyl (C=O) groups excluding carboxylic acids is 2. The van der Waals surface area contributed by atoms with E-state index in [1.807, 2.05) is 51.2 Å². The summed E-state index contributed by atoms with van der Waals surface area (Å²) >= 11 is 0. The highest BCUT2D eigenvalue weighted by atomic mass is 16.5. The van der Waals surface area contributed by atoms with Gasteiger partial charge in [-0.15, -0.1) is 0 Å². The molecule has 3 atom stereocenters. The molecule has 0 aliphatic heterocycles. The van der Waals surface area contributed by atoms with Gasteiger partial charge in [0.25, 0.3) is 0 Å². The first-order valence-corrected chi connectivity index (χ1v) is 16.7. The number of hydrogen-bond acceptors (Lipinski definition) is 8. The summed E-state index contributed by atoms with van der Waals surface area (Å²) in [5.41, 5.74) is 5.40. The van der Waals surface area contributed by atoms with Crippen molar-refractivity contribution in [3.63, 3.8) is 0 Å². The van der Waals surface area contributed by atoms with Crippen LogP contribution in [0.5, 0.6) is 17.2 Å². The van der Waals surface area contributed by atoms with Crippen molar-refractivity contribution in [2.45, 2.75) is 71.9 Å². The molecular formula is C38H47N5O6. The lowest BCUT2D eigenvalue weighted by Gasteiger charge is -2.24. The maximum atomic E-state index is 14.0. The maximum Gasteiger partial charge on any atom is 0.247 e. The SMILES string of the molecule is CCC(C)C(Nc1ccc2c(cc1=O)C(NC(C)=O)CCc1cc(OC)c(OC)c(OC)c1-2)C(=O)Nc1ccc2c(c1)nc(C(C)C)n2C. The van der Waals surface area contributed by atoms with E-state index < -0.39 is 12.1 Å². The number of methoxy groups -OCH3 is 3. The predicted octanol–water partition coefficient (Wildman–Crippen LogP) is 6.34. The Bertz CT molecular complexity index is 1950. The van der Waals surface area contributed by atoms with E-state index in [9.17, 15) is 14.4 Å². The van der Waals surface area contributed by atoms with Crippen LogP contribution in [0.2, 0.25) is 0 Å². The first kappa shape index (κ1) is 35.3. The summed E-state index contributed by atoms with van der Waals surface area (Å²) in [5, 5.41) is 9.37. The summed E-state index contributed by atoms with van der Waals surface area (Å²) in [6.45, 7) is 9.64. The Kier molecular flexibility index (Phi) is 10.5. The summed E-state index contributed by atoms with van der Waals surface area (Å²) in [5.74, 6) is 2.06. The summed E-state index contributed by atoms with van der Waals surface area (Å²) < 4.78 is 19.3. The molecule has 260 valence electrons. The molecule has 11 nitrogen and oxygen atoms in total. The van der Waals surface area contributed by atoms with E-state index in [2.05, 4.69) is 34.4 Å². The molecule has 1 aromatic heterocycles. The van der Waals surface area contributed by atoms with Crippen molar-refractivity contribution in [3.8, 4) is 28.4 Å². The van der Waals surface area contributed by atoms with E-state index in [-0.39, 0.29) is 34.8 Å². The van der Waals surface area contributed by atoms with Gasteiger partial charge in [-0.05, 0) is 71.8 Å². The van der Waals surface area contributed by atoms with E-state index in [4.69, 9.17) is 19.2 Å². The molecule has 0 fully saturated rings. The molecule has 0 saturated heterocycles. The van der Waals surface area contributed by atoms with Crippen LogP contribution in [0.3, 0.4) is 0 Å². The third-order valence-electron chi connectivity index (χ3n) is 9.42. The van der Waals surface area contributed by atoms with Crippen LogP contribution in [0.1, 0.15) is 76.4 Å². The van der Waals surface area contributed by atoms with Crippen molar-refractivity contribution in [1.29, 1.82) is 0 Å². The number of aryl methyl sites for hydroxylation is 2. The van der Waals surface area contributed by atoms with Gasteiger partial charge in [0, 0.05) is 31.1 Å². The number of hydrogen-bond donors (Lipinski definition) is 3. The Hall–Kier alpha value is -5.06. The van der Waals surface area contributed by atoms with Crippen molar-refractivity contribution in [2.24, 2.45) is 13.0 Å². The Labute approximate surface area is 287 Å². The minimum Gasteiger partial charge on any atom is -0.493 e. The Morgan fingerprint density at radius 3 is 2.37 bits per heavy atom. The fourth-order valence-electron chi connectivity index (χ4n) is 6.73. The van der Waals surface area contributed by atoms with Gasteiger partial charge in [-0.25, -0.2) is 4.98 Å². The van der Waals surface area contributed by atoms with E-state index in [1.54, 1.807) is 33.5 Å². The molecule has 0 spiro atoms. The molecule has 0 bridgehead atoms. The second-order valence-electron chi connectivity index (χ2n) is 13.0. The first-order valence-electron chi connectivity index (χ1n) is 16.7. The number of fused-ring (bicyclic) bond motifs is 4. The van der Waals surface area contributed by atoms with Gasteiger partial charge in [-0.3, -0.25) is 14.4 Å². The first-order chi connectivity index (χ1) is 23.4. The number of aromatic nitrogens is 2. The van der Waals surface area contributed by atoms with Crippen LogP contribution in [-0.2, 0) is 23.1 Å². The van der Waals surface area contributed by atoms with Crippen molar-refractivity contribution in [2.75, 3.05) is 32.0 Å². The Balaban J connectivity index is 1.57. The minimum atomic E-state index is -0.720. The number of ether oxygens (including phenoxy) is 3. The molecule has 0 saturated carbocycles. The highest BCUT2D eigenvalue weighted by molar-refractivity contribution is 5.98. The van der Waals surface area contributed by atoms with Gasteiger partial charge in [-0.2, -0.15) is 0 Å². The monoisotopic (exact) mass is 669 g/mol. The van der Waals surface area contributed by atoms with Crippen molar-refractivity contribution in [3.05, 3.63) is 69.6 Å². The van der Waals surface area contributed by atoms with E-state index >= 15 is 0 Å². The Morgan fingerprint density at radius 2 is 1.73 bits per heavy atom. The molecule has 49 heavy (non-hydrogen) atoms. The highest BCUT2D eigenvalue weighted by Gasteiger charge is 2.30. The van der Waals surface area contributed by atoms with Crippen molar-refractivity contribution < 1.29 is 23.8 Å². The summed E-state index contributed by atoms with van der Waals surface area (Å²) in [6.07, 6.45) is 1.83. The number of nitrogens with zero attached hydrogens (tertiary/aromatic N) is 2. The summed E-state index contributed by atoms with van der Waals surface area (Å²) in [6, 6.07) is 11.6. The van der Waals surface area contributed by atoms with Gasteiger partial charge in [0.1, 0.15) is 11.9 Å². The fraction of sp³-hybridized carbons (Fsp3) is 0.421. The van der Waals surface area contributed by atoms with Gasteiger partial charge in [0.2, 0.25) is 23.0 Å². The molecule has 0 radical (unpaired) electrons. The van der Waals surface area contributed by atoms with Gasteiger partial charge in [-0.1, -0.05) is 40.2 Å². The highest BCUT2D eigenvalue weighted by Crippen LogP contribution is 2.50. The van der Waals surface area contributed by atoms with Crippen LogP contribution >= 0.6 is 0 Å². The minimum absolute atomic E-state index is 0.112. The average molecular weight is 670 g/mol. The smallest absolute Gasteiger partial charge is 0.247 e. The molecule has 4 aromatic rings. The summed E-state index contributed by atoms with van der Waals surface area (Å²) in [4.78, 5) is 45.0. The molecule has 1 heterocycles. The van der Waals surface area contributed by atoms with Crippen molar-refractivity contribution in [1.82, 2.24) is 14.9 Å². The maximum absolute atomic E-state index is 14.0. The third kappa shape index (κ3) is 6.93. The number of nitrogens with one attached hydrogen (secondary N) is 3. The number of benzene rings is 2. The van der Waals surface area contributed by atoms with Crippen LogP contribution in [0, 0.1) is 5.92 Å². The number of amides is 2. The molecule has 1 aliphatic rings. The molecule has 3 N–H and O–H groups in total. The number of imidazole rings is 1. The number of anilines is 2.